The molecule has 1 fully saturated rings. The van der Waals surface area contributed by atoms with Crippen LogP contribution in [0.4, 0.5) is 5.69 Å². The maximum absolute atomic E-state index is 11.9. The van der Waals surface area contributed by atoms with Gasteiger partial charge in [-0.25, -0.2) is 4.79 Å². The summed E-state index contributed by atoms with van der Waals surface area (Å²) in [5.41, 5.74) is 6.82. The summed E-state index contributed by atoms with van der Waals surface area (Å²) >= 11 is 0. The molecule has 0 aliphatic heterocycles. The second-order valence-corrected chi connectivity index (χ2v) is 5.63. The molecule has 1 unspecified atom stereocenters. The van der Waals surface area contributed by atoms with Crippen LogP contribution < -0.4 is 23.5 Å². The number of nitrogens with two attached hydrogens (primary N) is 2. The van der Waals surface area contributed by atoms with Crippen molar-refractivity contribution in [2.45, 2.75) is 51.1 Å². The Morgan fingerprint density at radius 1 is 1.33 bits per heavy atom. The van der Waals surface area contributed by atoms with Crippen molar-refractivity contribution in [3.8, 4) is 0 Å². The van der Waals surface area contributed by atoms with Crippen molar-refractivity contribution in [2.24, 2.45) is 0 Å². The number of rotatable bonds is 6. The molecule has 4 N–H and O–H groups in total. The Labute approximate surface area is 132 Å². The number of quaternary nitrogens is 1. The predicted molar refractivity (Wildman–Crippen MR) is 79.4 cm³/mol. The summed E-state index contributed by atoms with van der Waals surface area (Å²) < 4.78 is 5.42. The van der Waals surface area contributed by atoms with Crippen LogP contribution in [0.2, 0.25) is 0 Å². The number of benzene rings is 1. The van der Waals surface area contributed by atoms with Gasteiger partial charge in [-0.15, -0.1) is 0 Å². The molecule has 118 valence electrons. The van der Waals surface area contributed by atoms with Crippen LogP contribution in [0.5, 0.6) is 0 Å². The summed E-state index contributed by atoms with van der Waals surface area (Å²) in [5.74, 6) is -0.261. The number of anilines is 1. The molecule has 0 spiro atoms. The summed E-state index contributed by atoms with van der Waals surface area (Å²) in [4.78, 5) is 11.9. The number of esters is 1. The van der Waals surface area contributed by atoms with Gasteiger partial charge in [0.25, 0.3) is 0 Å². The lowest BCUT2D eigenvalue weighted by atomic mass is 10.1. The molecule has 0 amide bonds. The quantitative estimate of drug-likeness (QED) is 0.507. The van der Waals surface area contributed by atoms with Gasteiger partial charge in [0, 0.05) is 5.69 Å². The third kappa shape index (κ3) is 5.56. The van der Waals surface area contributed by atoms with E-state index in [2.05, 4.69) is 12.2 Å². The summed E-state index contributed by atoms with van der Waals surface area (Å²) in [5, 5.41) is 2.39. The first kappa shape index (κ1) is 17.8. The van der Waals surface area contributed by atoms with E-state index in [0.29, 0.717) is 23.9 Å². The first-order valence-electron chi connectivity index (χ1n) is 7.56. The standard InChI is InChI=1S/C16H24N2O2.ClH/c1-2-14(18-15-5-3-4-6-15)11-20-16(19)12-7-9-13(17)10-8-12;/h7-10,14-15,18H,2-6,11,17H2,1H3;1H. The fourth-order valence-corrected chi connectivity index (χ4v) is 2.73. The SMILES string of the molecule is CCC(COC(=O)c1ccc(N)cc1)[NH2+]C1CCCC1.[Cl-]. The van der Waals surface area contributed by atoms with Crippen molar-refractivity contribution in [1.29, 1.82) is 0 Å². The zero-order chi connectivity index (χ0) is 14.4. The highest BCUT2D eigenvalue weighted by molar-refractivity contribution is 5.89. The molecule has 0 heterocycles. The van der Waals surface area contributed by atoms with Crippen LogP contribution in [0.3, 0.4) is 0 Å². The van der Waals surface area contributed by atoms with Crippen molar-refractivity contribution in [3.05, 3.63) is 29.8 Å². The van der Waals surface area contributed by atoms with E-state index in [4.69, 9.17) is 10.5 Å². The third-order valence-corrected chi connectivity index (χ3v) is 4.04. The van der Waals surface area contributed by atoms with Crippen LogP contribution in [-0.2, 0) is 4.74 Å². The minimum atomic E-state index is -0.261. The van der Waals surface area contributed by atoms with Crippen molar-refractivity contribution in [1.82, 2.24) is 0 Å². The van der Waals surface area contributed by atoms with Gasteiger partial charge in [0.05, 0.1) is 11.6 Å². The number of nitrogen functional groups attached to an aromatic ring is 1. The molecule has 0 bridgehead atoms. The smallest absolute Gasteiger partial charge is 0.338 e. The second kappa shape index (κ2) is 8.90. The number of ether oxygens (including phenoxy) is 1. The molecule has 21 heavy (non-hydrogen) atoms. The minimum absolute atomic E-state index is 0. The van der Waals surface area contributed by atoms with Crippen LogP contribution in [0, 0.1) is 0 Å². The van der Waals surface area contributed by atoms with E-state index in [1.807, 2.05) is 0 Å². The van der Waals surface area contributed by atoms with Gasteiger partial charge in [-0.3, -0.25) is 0 Å². The van der Waals surface area contributed by atoms with Gasteiger partial charge in [0.1, 0.15) is 12.6 Å². The predicted octanol–water partition coefficient (Wildman–Crippen LogP) is -1.29. The highest BCUT2D eigenvalue weighted by atomic mass is 35.5. The molecule has 5 heteroatoms. The largest absolute Gasteiger partial charge is 1.00 e. The molecule has 2 rings (SSSR count). The molecule has 0 radical (unpaired) electrons. The Morgan fingerprint density at radius 3 is 2.52 bits per heavy atom. The topological polar surface area (TPSA) is 68.9 Å². The molecule has 1 aliphatic rings. The van der Waals surface area contributed by atoms with E-state index in [0.717, 1.165) is 12.5 Å². The highest BCUT2D eigenvalue weighted by Crippen LogP contribution is 2.14. The molecule has 4 nitrogen and oxygen atoms in total. The van der Waals surface area contributed by atoms with Gasteiger partial charge in [-0.05, 0) is 56.4 Å². The van der Waals surface area contributed by atoms with E-state index >= 15 is 0 Å². The molecular formula is C16H25ClN2O2. The molecule has 0 saturated heterocycles. The zero-order valence-corrected chi connectivity index (χ0v) is 13.3. The summed E-state index contributed by atoms with van der Waals surface area (Å²) in [6.45, 7) is 2.63. The van der Waals surface area contributed by atoms with E-state index in [9.17, 15) is 4.79 Å². The first-order chi connectivity index (χ1) is 9.69. The third-order valence-electron chi connectivity index (χ3n) is 4.04. The van der Waals surface area contributed by atoms with Crippen LogP contribution in [-0.4, -0.2) is 24.7 Å². The van der Waals surface area contributed by atoms with E-state index in [1.165, 1.54) is 25.7 Å². The fraction of sp³-hybridized carbons (Fsp3) is 0.562. The Kier molecular flexibility index (Phi) is 7.54. The zero-order valence-electron chi connectivity index (χ0n) is 12.6. The van der Waals surface area contributed by atoms with Gasteiger partial charge in [-0.2, -0.15) is 0 Å². The molecule has 1 aromatic rings. The molecule has 0 aromatic heterocycles. The van der Waals surface area contributed by atoms with Crippen molar-refractivity contribution >= 4 is 11.7 Å². The Balaban J connectivity index is 0.00000220. The van der Waals surface area contributed by atoms with E-state index < -0.39 is 0 Å². The lowest BCUT2D eigenvalue weighted by molar-refractivity contribution is -0.721. The van der Waals surface area contributed by atoms with E-state index in [1.54, 1.807) is 24.3 Å². The average Bonchev–Trinajstić information content (AvgIpc) is 2.96. The van der Waals surface area contributed by atoms with Crippen LogP contribution in [0.15, 0.2) is 24.3 Å². The van der Waals surface area contributed by atoms with Crippen LogP contribution >= 0.6 is 0 Å². The van der Waals surface area contributed by atoms with Gasteiger partial charge in [0.15, 0.2) is 0 Å². The van der Waals surface area contributed by atoms with Gasteiger partial charge in [-0.1, -0.05) is 6.92 Å². The van der Waals surface area contributed by atoms with Crippen molar-refractivity contribution < 1.29 is 27.3 Å². The van der Waals surface area contributed by atoms with Gasteiger partial charge in [0.2, 0.25) is 0 Å². The number of carbonyl (C=O) groups excluding carboxylic acids is 1. The van der Waals surface area contributed by atoms with Crippen LogP contribution in [0.1, 0.15) is 49.4 Å². The Hall–Kier alpha value is -1.26. The monoisotopic (exact) mass is 312 g/mol. The number of halogens is 1. The fourth-order valence-electron chi connectivity index (χ4n) is 2.73. The lowest BCUT2D eigenvalue weighted by Crippen LogP contribution is -3.00. The highest BCUT2D eigenvalue weighted by Gasteiger charge is 2.23. The molecule has 1 atom stereocenters. The normalized spacial score (nSPS) is 16.2. The maximum Gasteiger partial charge on any atom is 0.338 e. The second-order valence-electron chi connectivity index (χ2n) is 5.63. The average molecular weight is 313 g/mol. The number of hydrogen-bond acceptors (Lipinski definition) is 3. The minimum Gasteiger partial charge on any atom is -1.00 e. The van der Waals surface area contributed by atoms with Crippen molar-refractivity contribution in [2.75, 3.05) is 12.3 Å². The Morgan fingerprint density at radius 2 is 1.95 bits per heavy atom. The molecular weight excluding hydrogens is 288 g/mol. The summed E-state index contributed by atoms with van der Waals surface area (Å²) in [6.07, 6.45) is 6.28. The van der Waals surface area contributed by atoms with Gasteiger partial charge >= 0.3 is 5.97 Å². The molecule has 1 aromatic carbocycles. The van der Waals surface area contributed by atoms with E-state index in [-0.39, 0.29) is 18.4 Å². The molecule has 1 aliphatic carbocycles. The maximum atomic E-state index is 11.9. The summed E-state index contributed by atoms with van der Waals surface area (Å²) in [7, 11) is 0. The molecule has 1 saturated carbocycles. The Bertz CT molecular complexity index is 430. The number of hydrogen-bond donors (Lipinski definition) is 2. The van der Waals surface area contributed by atoms with Crippen molar-refractivity contribution in [3.63, 3.8) is 0 Å². The first-order valence-corrected chi connectivity index (χ1v) is 7.56. The van der Waals surface area contributed by atoms with Gasteiger partial charge < -0.3 is 28.2 Å². The lowest BCUT2D eigenvalue weighted by Gasteiger charge is -2.18. The number of carbonyl (C=O) groups is 1. The summed E-state index contributed by atoms with van der Waals surface area (Å²) in [6, 6.07) is 7.95. The van der Waals surface area contributed by atoms with Crippen LogP contribution in [0.25, 0.3) is 0 Å².